The summed E-state index contributed by atoms with van der Waals surface area (Å²) in [7, 11) is 0. The monoisotopic (exact) mass is 152 g/mol. The Morgan fingerprint density at radius 3 is 3.09 bits per heavy atom. The molecule has 0 aromatic heterocycles. The van der Waals surface area contributed by atoms with E-state index in [0.717, 1.165) is 11.4 Å². The van der Waals surface area contributed by atoms with Crippen molar-refractivity contribution in [2.75, 3.05) is 0 Å². The molecule has 2 aliphatic rings. The lowest BCUT2D eigenvalue weighted by atomic mass is 10.3. The predicted molar refractivity (Wildman–Crippen MR) is 43.6 cm³/mol. The summed E-state index contributed by atoms with van der Waals surface area (Å²) in [6, 6.07) is 0.369. The highest BCUT2D eigenvalue weighted by atomic mass is 15.5. The number of hydrogen-bond donors (Lipinski definition) is 2. The Kier molecular flexibility index (Phi) is 1.27. The van der Waals surface area contributed by atoms with E-state index >= 15 is 0 Å². The second-order valence-electron chi connectivity index (χ2n) is 3.04. The average molecular weight is 152 g/mol. The number of rotatable bonds is 0. The van der Waals surface area contributed by atoms with Crippen LogP contribution in [-0.2, 0) is 0 Å². The van der Waals surface area contributed by atoms with Gasteiger partial charge in [-0.1, -0.05) is 0 Å². The Balaban J connectivity index is 2.27. The van der Waals surface area contributed by atoms with Crippen LogP contribution in [0.5, 0.6) is 0 Å². The Hall–Kier alpha value is -0.870. The van der Waals surface area contributed by atoms with Crippen molar-refractivity contribution in [1.82, 2.24) is 10.3 Å². The van der Waals surface area contributed by atoms with Crippen LogP contribution in [0.1, 0.15) is 13.8 Å². The molecule has 0 spiro atoms. The van der Waals surface area contributed by atoms with Gasteiger partial charge in [-0.15, -0.1) is 0 Å². The molecule has 1 saturated heterocycles. The first-order chi connectivity index (χ1) is 5.20. The smallest absolute Gasteiger partial charge is 0.116 e. The molecule has 2 unspecified atom stereocenters. The van der Waals surface area contributed by atoms with E-state index in [1.165, 1.54) is 0 Å². The number of nitrogens with zero attached hydrogens (tertiary/aromatic N) is 2. The molecule has 60 valence electrons. The highest BCUT2D eigenvalue weighted by Gasteiger charge is 2.43. The Labute approximate surface area is 65.7 Å². The van der Waals surface area contributed by atoms with Gasteiger partial charge in [0.15, 0.2) is 0 Å². The first-order valence-electron chi connectivity index (χ1n) is 3.71. The molecule has 0 bridgehead atoms. The molecule has 0 aliphatic carbocycles. The summed E-state index contributed by atoms with van der Waals surface area (Å²) >= 11 is 0. The van der Waals surface area contributed by atoms with E-state index < -0.39 is 0 Å². The van der Waals surface area contributed by atoms with Crippen molar-refractivity contribution in [3.8, 4) is 0 Å². The highest BCUT2D eigenvalue weighted by Crippen LogP contribution is 2.21. The minimum Gasteiger partial charge on any atom is -0.295 e. The largest absolute Gasteiger partial charge is 0.295 e. The molecular formula is C7H12N4. The first kappa shape index (κ1) is 6.82. The fourth-order valence-corrected chi connectivity index (χ4v) is 1.28. The van der Waals surface area contributed by atoms with Gasteiger partial charge in [0.05, 0.1) is 6.04 Å². The van der Waals surface area contributed by atoms with Gasteiger partial charge in [-0.25, -0.2) is 5.84 Å². The van der Waals surface area contributed by atoms with Crippen LogP contribution in [-0.4, -0.2) is 22.9 Å². The van der Waals surface area contributed by atoms with Gasteiger partial charge in [0.2, 0.25) is 0 Å². The number of hydrazine groups is 1. The second-order valence-corrected chi connectivity index (χ2v) is 3.04. The van der Waals surface area contributed by atoms with Crippen molar-refractivity contribution in [1.29, 1.82) is 0 Å². The molecule has 2 atom stereocenters. The average Bonchev–Trinajstić information content (AvgIpc) is 2.75. The third-order valence-electron chi connectivity index (χ3n) is 2.17. The molecule has 0 saturated carbocycles. The molecule has 4 nitrogen and oxygen atoms in total. The van der Waals surface area contributed by atoms with Gasteiger partial charge in [-0.2, -0.15) is 0 Å². The van der Waals surface area contributed by atoms with E-state index in [0.29, 0.717) is 6.04 Å². The van der Waals surface area contributed by atoms with Crippen LogP contribution in [0.3, 0.4) is 0 Å². The molecule has 3 N–H and O–H groups in total. The summed E-state index contributed by atoms with van der Waals surface area (Å²) < 4.78 is 0. The van der Waals surface area contributed by atoms with E-state index in [1.807, 2.05) is 20.0 Å². The van der Waals surface area contributed by atoms with Gasteiger partial charge in [0.1, 0.15) is 6.17 Å². The quantitative estimate of drug-likeness (QED) is 0.373. The number of aliphatic imine (C=N–C) groups is 1. The summed E-state index contributed by atoms with van der Waals surface area (Å²) in [6.45, 7) is 3.97. The molecule has 1 fully saturated rings. The standard InChI is InChI=1S/C7H12N4/c1-4-3-9-5(2)6-7(10-6)11(4)8/h3,6-7,10H,8H2,1-2H3. The van der Waals surface area contributed by atoms with Gasteiger partial charge >= 0.3 is 0 Å². The predicted octanol–water partition coefficient (Wildman–Crippen LogP) is -0.204. The maximum absolute atomic E-state index is 5.75. The van der Waals surface area contributed by atoms with Gasteiger partial charge in [-0.05, 0) is 13.8 Å². The van der Waals surface area contributed by atoms with Gasteiger partial charge in [-0.3, -0.25) is 15.3 Å². The third kappa shape index (κ3) is 0.948. The molecule has 11 heavy (non-hydrogen) atoms. The number of nitrogens with two attached hydrogens (primary N) is 1. The van der Waals surface area contributed by atoms with Crippen molar-refractivity contribution < 1.29 is 0 Å². The zero-order valence-corrected chi connectivity index (χ0v) is 6.70. The van der Waals surface area contributed by atoms with Crippen LogP contribution >= 0.6 is 0 Å². The van der Waals surface area contributed by atoms with Crippen molar-refractivity contribution >= 4 is 5.71 Å². The summed E-state index contributed by atoms with van der Waals surface area (Å²) in [5.74, 6) is 5.75. The minimum absolute atomic E-state index is 0.275. The molecule has 2 aliphatic heterocycles. The van der Waals surface area contributed by atoms with E-state index in [4.69, 9.17) is 5.84 Å². The maximum atomic E-state index is 5.75. The van der Waals surface area contributed by atoms with Crippen LogP contribution in [0.4, 0.5) is 0 Å². The number of allylic oxidation sites excluding steroid dienone is 1. The van der Waals surface area contributed by atoms with Crippen LogP contribution in [0.15, 0.2) is 16.9 Å². The van der Waals surface area contributed by atoms with Crippen molar-refractivity contribution in [3.63, 3.8) is 0 Å². The van der Waals surface area contributed by atoms with Crippen molar-refractivity contribution in [2.45, 2.75) is 26.1 Å². The Morgan fingerprint density at radius 1 is 1.64 bits per heavy atom. The van der Waals surface area contributed by atoms with E-state index in [9.17, 15) is 0 Å². The molecule has 0 aromatic carbocycles. The molecule has 0 radical (unpaired) electrons. The van der Waals surface area contributed by atoms with E-state index in [-0.39, 0.29) is 6.17 Å². The van der Waals surface area contributed by atoms with Gasteiger partial charge in [0.25, 0.3) is 0 Å². The third-order valence-corrected chi connectivity index (χ3v) is 2.17. The van der Waals surface area contributed by atoms with Crippen molar-refractivity contribution in [2.24, 2.45) is 10.8 Å². The van der Waals surface area contributed by atoms with Crippen LogP contribution in [0, 0.1) is 0 Å². The zero-order chi connectivity index (χ0) is 8.01. The Bertz CT molecular complexity index is 243. The highest BCUT2D eigenvalue weighted by molar-refractivity contribution is 5.91. The zero-order valence-electron chi connectivity index (χ0n) is 6.70. The molecule has 2 heterocycles. The van der Waals surface area contributed by atoms with Gasteiger partial charge in [0, 0.05) is 17.6 Å². The van der Waals surface area contributed by atoms with Crippen molar-refractivity contribution in [3.05, 3.63) is 11.9 Å². The second kappa shape index (κ2) is 2.06. The SMILES string of the molecule is CC1=CN=C(C)C2NC2N1N. The molecule has 0 aromatic rings. The van der Waals surface area contributed by atoms with Gasteiger partial charge < -0.3 is 0 Å². The number of hydrogen-bond acceptors (Lipinski definition) is 4. The molecular weight excluding hydrogens is 140 g/mol. The Morgan fingerprint density at radius 2 is 2.36 bits per heavy atom. The lowest BCUT2D eigenvalue weighted by Crippen LogP contribution is -2.34. The lowest BCUT2D eigenvalue weighted by molar-refractivity contribution is 0.342. The summed E-state index contributed by atoms with van der Waals surface area (Å²) in [5.41, 5.74) is 2.11. The lowest BCUT2D eigenvalue weighted by Gasteiger charge is -2.15. The van der Waals surface area contributed by atoms with E-state index in [2.05, 4.69) is 10.3 Å². The van der Waals surface area contributed by atoms with E-state index in [1.54, 1.807) is 5.01 Å². The fourth-order valence-electron chi connectivity index (χ4n) is 1.28. The summed E-state index contributed by atoms with van der Waals surface area (Å²) in [5, 5.41) is 4.96. The number of fused-ring (bicyclic) bond motifs is 1. The number of nitrogens with one attached hydrogen (secondary N) is 1. The van der Waals surface area contributed by atoms with Crippen LogP contribution < -0.4 is 11.2 Å². The summed E-state index contributed by atoms with van der Waals surface area (Å²) in [4.78, 5) is 4.25. The summed E-state index contributed by atoms with van der Waals surface area (Å²) in [6.07, 6.45) is 2.08. The van der Waals surface area contributed by atoms with Crippen LogP contribution in [0.25, 0.3) is 0 Å². The normalized spacial score (nSPS) is 35.4. The first-order valence-corrected chi connectivity index (χ1v) is 3.71. The molecule has 4 heteroatoms. The minimum atomic E-state index is 0.275. The van der Waals surface area contributed by atoms with Crippen LogP contribution in [0.2, 0.25) is 0 Å². The maximum Gasteiger partial charge on any atom is 0.116 e. The molecule has 2 rings (SSSR count). The molecule has 0 amide bonds. The fraction of sp³-hybridized carbons (Fsp3) is 0.571. The topological polar surface area (TPSA) is 63.6 Å².